The van der Waals surface area contributed by atoms with Crippen molar-refractivity contribution in [1.82, 2.24) is 14.5 Å². The second-order valence-corrected chi connectivity index (χ2v) is 11.8. The van der Waals surface area contributed by atoms with Crippen LogP contribution < -0.4 is 0 Å². The van der Waals surface area contributed by atoms with Crippen LogP contribution in [0.15, 0.2) is 66.0 Å². The molecule has 1 aromatic heterocycles. The number of sulfone groups is 1. The second-order valence-electron chi connectivity index (χ2n) is 9.91. The third-order valence-electron chi connectivity index (χ3n) is 6.44. The van der Waals surface area contributed by atoms with Crippen LogP contribution >= 0.6 is 0 Å². The third-order valence-corrected chi connectivity index (χ3v) is 8.02. The van der Waals surface area contributed by atoms with E-state index in [9.17, 15) is 13.2 Å². The Labute approximate surface area is 214 Å². The van der Waals surface area contributed by atoms with Gasteiger partial charge in [0.15, 0.2) is 0 Å². The molecule has 1 unspecified atom stereocenters. The van der Waals surface area contributed by atoms with Gasteiger partial charge in [-0.15, -0.1) is 0 Å². The Hall–Kier alpha value is -2.97. The van der Waals surface area contributed by atoms with Crippen LogP contribution in [0.3, 0.4) is 0 Å². The molecule has 1 fully saturated rings. The van der Waals surface area contributed by atoms with Crippen molar-refractivity contribution in [3.8, 4) is 0 Å². The first-order valence-corrected chi connectivity index (χ1v) is 14.2. The third kappa shape index (κ3) is 6.23. The zero-order valence-electron chi connectivity index (χ0n) is 21.3. The van der Waals surface area contributed by atoms with E-state index < -0.39 is 9.84 Å². The highest BCUT2D eigenvalue weighted by Crippen LogP contribution is 2.23. The average molecular weight is 510 g/mol. The summed E-state index contributed by atoms with van der Waals surface area (Å²) in [5, 5.41) is 0.0543. The first-order valence-electron chi connectivity index (χ1n) is 12.5. The van der Waals surface area contributed by atoms with E-state index in [4.69, 9.17) is 4.74 Å². The van der Waals surface area contributed by atoms with Gasteiger partial charge in [0.25, 0.3) is 5.91 Å². The van der Waals surface area contributed by atoms with E-state index in [0.29, 0.717) is 31.0 Å². The van der Waals surface area contributed by atoms with E-state index in [1.165, 1.54) is 0 Å². The molecule has 192 valence electrons. The lowest BCUT2D eigenvalue weighted by molar-refractivity contribution is 0.0501. The maximum atomic E-state index is 13.5. The molecule has 2 heterocycles. The van der Waals surface area contributed by atoms with Gasteiger partial charge in [0.1, 0.15) is 0 Å². The van der Waals surface area contributed by atoms with Crippen LogP contribution in [0, 0.1) is 12.8 Å². The summed E-state index contributed by atoms with van der Waals surface area (Å²) in [6.07, 6.45) is 3.46. The first-order chi connectivity index (χ1) is 17.2. The maximum absolute atomic E-state index is 13.5. The normalized spacial score (nSPS) is 15.9. The number of imidazole rings is 1. The van der Waals surface area contributed by atoms with Crippen LogP contribution in [0.4, 0.5) is 0 Å². The highest BCUT2D eigenvalue weighted by atomic mass is 32.2. The molecule has 3 aromatic rings. The zero-order chi connectivity index (χ0) is 25.7. The van der Waals surface area contributed by atoms with Gasteiger partial charge in [-0.1, -0.05) is 56.3 Å². The van der Waals surface area contributed by atoms with Gasteiger partial charge in [-0.2, -0.15) is 0 Å². The van der Waals surface area contributed by atoms with Crippen LogP contribution in [0.5, 0.6) is 0 Å². The molecule has 1 aliphatic heterocycles. The minimum absolute atomic E-state index is 0.0246. The first kappa shape index (κ1) is 26.1. The number of nitrogens with zero attached hydrogens (tertiary/aromatic N) is 3. The van der Waals surface area contributed by atoms with Crippen molar-refractivity contribution >= 4 is 15.7 Å². The molecule has 36 heavy (non-hydrogen) atoms. The molecule has 1 amide bonds. The minimum atomic E-state index is -3.70. The standard InChI is InChI=1S/C28H35N3O4S/c1-21(2)17-31-25(16-29-28(31)36(33,34)20-24-13-8-7-10-22(24)3)18-30(19-26-14-9-15-35-26)27(32)23-11-5-4-6-12-23/h4-8,10-13,16,21,26H,9,14-15,17-20H2,1-3H3. The van der Waals surface area contributed by atoms with Crippen LogP contribution in [0.1, 0.15) is 53.9 Å². The van der Waals surface area contributed by atoms with Gasteiger partial charge in [0.2, 0.25) is 15.0 Å². The molecule has 1 atom stereocenters. The molecule has 0 N–H and O–H groups in total. The summed E-state index contributed by atoms with van der Waals surface area (Å²) in [4.78, 5) is 19.6. The SMILES string of the molecule is Cc1ccccc1CS(=O)(=O)c1ncc(CN(CC2CCCO2)C(=O)c2ccccc2)n1CC(C)C. The molecule has 8 heteroatoms. The number of benzene rings is 2. The maximum Gasteiger partial charge on any atom is 0.254 e. The quantitative estimate of drug-likeness (QED) is 0.398. The fourth-order valence-corrected chi connectivity index (χ4v) is 6.18. The van der Waals surface area contributed by atoms with Gasteiger partial charge in [0.05, 0.1) is 30.3 Å². The molecule has 4 rings (SSSR count). The molecule has 0 radical (unpaired) electrons. The lowest BCUT2D eigenvalue weighted by atomic mass is 10.1. The van der Waals surface area contributed by atoms with Gasteiger partial charge < -0.3 is 14.2 Å². The van der Waals surface area contributed by atoms with Crippen LogP contribution in [-0.2, 0) is 33.4 Å². The van der Waals surface area contributed by atoms with Crippen molar-refractivity contribution in [3.63, 3.8) is 0 Å². The van der Waals surface area contributed by atoms with E-state index in [2.05, 4.69) is 4.98 Å². The molecule has 0 spiro atoms. The summed E-state index contributed by atoms with van der Waals surface area (Å²) in [5.41, 5.74) is 2.99. The van der Waals surface area contributed by atoms with Crippen molar-refractivity contribution in [2.45, 2.75) is 63.7 Å². The number of aromatic nitrogens is 2. The molecular weight excluding hydrogens is 474 g/mol. The fraction of sp³-hybridized carbons (Fsp3) is 0.429. The molecule has 1 saturated heterocycles. The molecule has 0 saturated carbocycles. The second kappa shape index (κ2) is 11.4. The topological polar surface area (TPSA) is 81.5 Å². The van der Waals surface area contributed by atoms with Crippen molar-refractivity contribution in [2.24, 2.45) is 5.92 Å². The monoisotopic (exact) mass is 509 g/mol. The van der Waals surface area contributed by atoms with Crippen LogP contribution in [-0.4, -0.2) is 48.0 Å². The van der Waals surface area contributed by atoms with Crippen LogP contribution in [0.2, 0.25) is 0 Å². The number of hydrogen-bond donors (Lipinski definition) is 0. The molecule has 2 aromatic carbocycles. The Kier molecular flexibility index (Phi) is 8.26. The van der Waals surface area contributed by atoms with Gasteiger partial charge in [-0.25, -0.2) is 13.4 Å². The highest BCUT2D eigenvalue weighted by molar-refractivity contribution is 7.90. The Morgan fingerprint density at radius 2 is 1.86 bits per heavy atom. The summed E-state index contributed by atoms with van der Waals surface area (Å²) in [6, 6.07) is 16.7. The molecule has 1 aliphatic rings. The molecule has 0 aliphatic carbocycles. The highest BCUT2D eigenvalue weighted by Gasteiger charge is 2.28. The summed E-state index contributed by atoms with van der Waals surface area (Å²) < 4.78 is 34.6. The van der Waals surface area contributed by atoms with Crippen LogP contribution in [0.25, 0.3) is 0 Å². The Bertz CT molecular complexity index is 1280. The molecular formula is C28H35N3O4S. The van der Waals surface area contributed by atoms with E-state index in [0.717, 1.165) is 24.0 Å². The van der Waals surface area contributed by atoms with Crippen molar-refractivity contribution < 1.29 is 17.9 Å². The number of carbonyl (C=O) groups is 1. The van der Waals surface area contributed by atoms with E-state index >= 15 is 0 Å². The largest absolute Gasteiger partial charge is 0.376 e. The molecule has 0 bridgehead atoms. The predicted molar refractivity (Wildman–Crippen MR) is 139 cm³/mol. The van der Waals surface area contributed by atoms with Gasteiger partial charge in [0, 0.05) is 25.3 Å². The van der Waals surface area contributed by atoms with Gasteiger partial charge in [-0.05, 0) is 48.9 Å². The summed E-state index contributed by atoms with van der Waals surface area (Å²) >= 11 is 0. The lowest BCUT2D eigenvalue weighted by Crippen LogP contribution is -2.37. The van der Waals surface area contributed by atoms with E-state index in [1.807, 2.05) is 63.2 Å². The van der Waals surface area contributed by atoms with Gasteiger partial charge in [-0.3, -0.25) is 4.79 Å². The summed E-state index contributed by atoms with van der Waals surface area (Å²) in [7, 11) is -3.70. The van der Waals surface area contributed by atoms with Gasteiger partial charge >= 0.3 is 0 Å². The lowest BCUT2D eigenvalue weighted by Gasteiger charge is -2.26. The Morgan fingerprint density at radius 3 is 2.53 bits per heavy atom. The number of aryl methyl sites for hydroxylation is 1. The smallest absolute Gasteiger partial charge is 0.254 e. The predicted octanol–water partition coefficient (Wildman–Crippen LogP) is 4.64. The molecule has 7 nitrogen and oxygen atoms in total. The van der Waals surface area contributed by atoms with Crippen molar-refractivity contribution in [2.75, 3.05) is 13.2 Å². The van der Waals surface area contributed by atoms with E-state index in [1.54, 1.807) is 27.8 Å². The number of hydrogen-bond acceptors (Lipinski definition) is 5. The number of amides is 1. The Morgan fingerprint density at radius 1 is 1.14 bits per heavy atom. The minimum Gasteiger partial charge on any atom is -0.376 e. The Balaban J connectivity index is 1.67. The van der Waals surface area contributed by atoms with Crippen molar-refractivity contribution in [1.29, 1.82) is 0 Å². The average Bonchev–Trinajstić information content (AvgIpc) is 3.50. The number of carbonyl (C=O) groups excluding carboxylic acids is 1. The summed E-state index contributed by atoms with van der Waals surface area (Å²) in [5.74, 6) is -0.0221. The summed E-state index contributed by atoms with van der Waals surface area (Å²) in [6.45, 7) is 7.89. The number of ether oxygens (including phenoxy) is 1. The van der Waals surface area contributed by atoms with E-state index in [-0.39, 0.29) is 35.4 Å². The van der Waals surface area contributed by atoms with Crippen molar-refractivity contribution in [3.05, 3.63) is 83.2 Å². The zero-order valence-corrected chi connectivity index (χ0v) is 22.1. The number of rotatable bonds is 10. The fourth-order valence-electron chi connectivity index (χ4n) is 4.58.